The average molecular weight is 155 g/mol. The third kappa shape index (κ3) is 4.49. The van der Waals surface area contributed by atoms with Gasteiger partial charge < -0.3 is 10.7 Å². The Kier molecular flexibility index (Phi) is 3.95. The molecule has 0 saturated heterocycles. The zero-order chi connectivity index (χ0) is 8.69. The molecule has 1 aromatic heterocycles. The molecule has 1 heterocycles. The lowest BCUT2D eigenvalue weighted by atomic mass is 10.6. The van der Waals surface area contributed by atoms with Crippen molar-refractivity contribution in [1.82, 2.24) is 14.9 Å². The maximum absolute atomic E-state index is 10.2. The van der Waals surface area contributed by atoms with Crippen LogP contribution in [0.1, 0.15) is 0 Å². The number of nitrogens with two attached hydrogens (primary N) is 1. The second kappa shape index (κ2) is 4.83. The Morgan fingerprint density at radius 3 is 2.45 bits per heavy atom. The maximum atomic E-state index is 10.2. The lowest BCUT2D eigenvalue weighted by Gasteiger charge is -1.83. The second-order valence-corrected chi connectivity index (χ2v) is 1.43. The average Bonchev–Trinajstić information content (AvgIpc) is 1.88. The van der Waals surface area contributed by atoms with E-state index in [1.165, 1.54) is 12.3 Å². The van der Waals surface area contributed by atoms with Gasteiger partial charge in [-0.05, 0) is 6.07 Å². The van der Waals surface area contributed by atoms with Gasteiger partial charge in [0.1, 0.15) is 16.9 Å². The third-order valence-electron chi connectivity index (χ3n) is 0.692. The lowest BCUT2D eigenvalue weighted by Crippen LogP contribution is -2.10. The van der Waals surface area contributed by atoms with Crippen LogP contribution in [0.2, 0.25) is 0 Å². The van der Waals surface area contributed by atoms with Gasteiger partial charge in [-0.2, -0.15) is 4.98 Å². The van der Waals surface area contributed by atoms with Crippen molar-refractivity contribution in [3.8, 4) is 0 Å². The van der Waals surface area contributed by atoms with Crippen LogP contribution in [0.4, 0.5) is 5.82 Å². The summed E-state index contributed by atoms with van der Waals surface area (Å²) >= 11 is 0. The summed E-state index contributed by atoms with van der Waals surface area (Å²) < 4.78 is 0. The second-order valence-electron chi connectivity index (χ2n) is 1.43. The van der Waals surface area contributed by atoms with E-state index in [0.29, 0.717) is 0 Å². The van der Waals surface area contributed by atoms with Crippen LogP contribution in [-0.4, -0.2) is 9.97 Å². The first kappa shape index (κ1) is 8.99. The molecule has 0 radical (unpaired) electrons. The van der Waals surface area contributed by atoms with E-state index in [0.717, 1.165) is 0 Å². The van der Waals surface area contributed by atoms with E-state index in [4.69, 9.17) is 16.8 Å². The number of H-pyrrole nitrogens is 1. The Balaban J connectivity index is 0.000000292. The molecule has 0 bridgehead atoms. The number of nitrogens with one attached hydrogen (secondary N) is 3. The molecule has 1 rings (SSSR count). The Labute approximate surface area is 61.3 Å². The van der Waals surface area contributed by atoms with E-state index in [1.54, 1.807) is 0 Å². The zero-order valence-electron chi connectivity index (χ0n) is 5.53. The molecule has 0 aliphatic carbocycles. The van der Waals surface area contributed by atoms with Crippen molar-refractivity contribution >= 4 is 5.82 Å². The largest absolute Gasteiger partial charge is 0.383 e. The first-order valence-electron chi connectivity index (χ1n) is 2.55. The van der Waals surface area contributed by atoms with Gasteiger partial charge in [0.25, 0.3) is 0 Å². The van der Waals surface area contributed by atoms with Crippen LogP contribution in [0.3, 0.4) is 0 Å². The van der Waals surface area contributed by atoms with E-state index in [-0.39, 0.29) is 5.82 Å². The highest BCUT2D eigenvalue weighted by atomic mass is 16.1. The number of aromatic nitrogens is 2. The van der Waals surface area contributed by atoms with E-state index in [9.17, 15) is 4.79 Å². The molecular formula is C4H7N6O+. The van der Waals surface area contributed by atoms with Gasteiger partial charge in [0, 0.05) is 6.20 Å². The van der Waals surface area contributed by atoms with Gasteiger partial charge in [0.05, 0.1) is 0 Å². The van der Waals surface area contributed by atoms with Crippen LogP contribution in [0.25, 0.3) is 0 Å². The van der Waals surface area contributed by atoms with Gasteiger partial charge in [0.15, 0.2) is 0 Å². The van der Waals surface area contributed by atoms with Gasteiger partial charge in [-0.3, -0.25) is 0 Å². The van der Waals surface area contributed by atoms with Crippen molar-refractivity contribution in [2.75, 3.05) is 5.73 Å². The van der Waals surface area contributed by atoms with Crippen molar-refractivity contribution in [1.29, 1.82) is 11.1 Å². The monoisotopic (exact) mass is 155 g/mol. The number of hydrogen-bond donors (Lipinski definition) is 4. The third-order valence-corrected chi connectivity index (χ3v) is 0.692. The van der Waals surface area contributed by atoms with Crippen LogP contribution in [-0.2, 0) is 0 Å². The Hall–Kier alpha value is -2.01. The molecule has 0 aliphatic heterocycles. The number of rotatable bonds is 0. The highest BCUT2D eigenvalue weighted by Gasteiger charge is 1.81. The minimum atomic E-state index is -0.412. The van der Waals surface area contributed by atoms with Gasteiger partial charge in [0.2, 0.25) is 4.91 Å². The molecule has 0 spiro atoms. The standard InChI is InChI=1S/C4H5N3O.H2N3/c5-3-1-2-6-4(8)7-3;1-3-2/h1-2H,(H3,5,6,7,8);1-2H/q;+1. The smallest absolute Gasteiger partial charge is 0.346 e. The van der Waals surface area contributed by atoms with Crippen molar-refractivity contribution in [2.45, 2.75) is 0 Å². The summed E-state index contributed by atoms with van der Waals surface area (Å²) in [4.78, 5) is 17.9. The molecule has 7 nitrogen and oxygen atoms in total. The fraction of sp³-hybridized carbons (Fsp3) is 0. The molecule has 0 amide bonds. The fourth-order valence-corrected chi connectivity index (χ4v) is 0.385. The molecule has 7 heteroatoms. The fourth-order valence-electron chi connectivity index (χ4n) is 0.385. The molecule has 0 atom stereocenters. The molecule has 5 N–H and O–H groups in total. The maximum Gasteiger partial charge on any atom is 0.346 e. The number of aromatic amines is 1. The lowest BCUT2D eigenvalue weighted by molar-refractivity contribution is 0.928. The summed E-state index contributed by atoms with van der Waals surface area (Å²) in [5.41, 5.74) is 15.7. The van der Waals surface area contributed by atoms with Crippen LogP contribution in [0.15, 0.2) is 17.1 Å². The van der Waals surface area contributed by atoms with Crippen molar-refractivity contribution in [3.63, 3.8) is 0 Å². The van der Waals surface area contributed by atoms with Gasteiger partial charge in [-0.15, -0.1) is 0 Å². The molecule has 0 unspecified atom stereocenters. The Morgan fingerprint density at radius 2 is 2.18 bits per heavy atom. The highest BCUT2D eigenvalue weighted by Crippen LogP contribution is 1.82. The van der Waals surface area contributed by atoms with Crippen molar-refractivity contribution < 1.29 is 0 Å². The van der Waals surface area contributed by atoms with Crippen molar-refractivity contribution in [3.05, 3.63) is 22.7 Å². The summed E-state index contributed by atoms with van der Waals surface area (Å²) in [6, 6.07) is 1.52. The normalized spacial score (nSPS) is 7.27. The first-order chi connectivity index (χ1) is 5.20. The van der Waals surface area contributed by atoms with E-state index in [1.807, 2.05) is 4.91 Å². The summed E-state index contributed by atoms with van der Waals surface area (Å²) in [6.07, 6.45) is 1.45. The molecule has 0 fully saturated rings. The van der Waals surface area contributed by atoms with Gasteiger partial charge in [-0.1, -0.05) is 0 Å². The minimum Gasteiger partial charge on any atom is -0.383 e. The predicted molar refractivity (Wildman–Crippen MR) is 36.8 cm³/mol. The molecular weight excluding hydrogens is 148 g/mol. The first-order valence-corrected chi connectivity index (χ1v) is 2.55. The van der Waals surface area contributed by atoms with Crippen LogP contribution >= 0.6 is 0 Å². The van der Waals surface area contributed by atoms with Crippen molar-refractivity contribution in [2.24, 2.45) is 0 Å². The molecule has 58 valence electrons. The number of nitrogen functional groups attached to an aromatic ring is 1. The molecule has 0 aromatic carbocycles. The molecule has 0 saturated carbocycles. The zero-order valence-corrected chi connectivity index (χ0v) is 5.53. The van der Waals surface area contributed by atoms with E-state index >= 15 is 0 Å². The molecule has 11 heavy (non-hydrogen) atoms. The topological polar surface area (TPSA) is 134 Å². The minimum absolute atomic E-state index is 0.244. The van der Waals surface area contributed by atoms with Crippen LogP contribution in [0, 0.1) is 11.1 Å². The Bertz CT molecular complexity index is 297. The summed E-state index contributed by atoms with van der Waals surface area (Å²) in [5, 5.41) is 0. The predicted octanol–water partition coefficient (Wildman–Crippen LogP) is -0.532. The highest BCUT2D eigenvalue weighted by molar-refractivity contribution is 5.22. The van der Waals surface area contributed by atoms with E-state index < -0.39 is 5.69 Å². The van der Waals surface area contributed by atoms with Gasteiger partial charge >= 0.3 is 5.69 Å². The SMILES string of the molecule is N=[N+]=N.Nc1cc[nH]c(=O)n1. The number of anilines is 1. The Morgan fingerprint density at radius 1 is 1.64 bits per heavy atom. The summed E-state index contributed by atoms with van der Waals surface area (Å²) in [6.45, 7) is 0. The van der Waals surface area contributed by atoms with E-state index in [2.05, 4.69) is 9.97 Å². The molecule has 0 aliphatic rings. The summed E-state index contributed by atoms with van der Waals surface area (Å²) in [5.74, 6) is 0.244. The number of hydrogen-bond acceptors (Lipinski definition) is 5. The van der Waals surface area contributed by atoms with Crippen LogP contribution < -0.4 is 16.3 Å². The van der Waals surface area contributed by atoms with Gasteiger partial charge in [-0.25, -0.2) is 4.79 Å². The molecule has 1 aromatic rings. The number of nitrogens with zero attached hydrogens (tertiary/aromatic N) is 2. The quantitative estimate of drug-likeness (QED) is 0.296. The van der Waals surface area contributed by atoms with Crippen LogP contribution in [0.5, 0.6) is 0 Å². The summed E-state index contributed by atoms with van der Waals surface area (Å²) in [7, 11) is 0.